The van der Waals surface area contributed by atoms with Gasteiger partial charge in [-0.25, -0.2) is 0 Å². The number of hydrogen-bond acceptors (Lipinski definition) is 5. The lowest BCUT2D eigenvalue weighted by atomic mass is 10.0. The Hall–Kier alpha value is -2.47. The molecule has 5 nitrogen and oxygen atoms in total. The Labute approximate surface area is 157 Å². The summed E-state index contributed by atoms with van der Waals surface area (Å²) in [5.74, 6) is 1.64. The maximum Gasteiger partial charge on any atom is 0.286 e. The van der Waals surface area contributed by atoms with Gasteiger partial charge in [0.25, 0.3) is 5.24 Å². The highest BCUT2D eigenvalue weighted by Gasteiger charge is 2.31. The third-order valence-electron chi connectivity index (χ3n) is 4.27. The van der Waals surface area contributed by atoms with Gasteiger partial charge in [0.05, 0.1) is 19.0 Å². The first kappa shape index (κ1) is 18.3. The van der Waals surface area contributed by atoms with E-state index in [1.165, 1.54) is 0 Å². The maximum absolute atomic E-state index is 11.6. The second-order valence-corrected chi connectivity index (χ2v) is 7.40. The van der Waals surface area contributed by atoms with Crippen LogP contribution in [0.25, 0.3) is 0 Å². The molecule has 0 aliphatic carbocycles. The van der Waals surface area contributed by atoms with Crippen molar-refractivity contribution in [1.29, 1.82) is 0 Å². The van der Waals surface area contributed by atoms with Crippen molar-refractivity contribution in [3.8, 4) is 11.5 Å². The van der Waals surface area contributed by atoms with Crippen LogP contribution in [-0.4, -0.2) is 30.1 Å². The average Bonchev–Trinajstić information content (AvgIpc) is 2.97. The van der Waals surface area contributed by atoms with Crippen molar-refractivity contribution < 1.29 is 19.1 Å². The number of benzene rings is 2. The molecule has 1 aliphatic rings. The number of carbonyl (C=O) groups excluding carboxylic acids is 2. The van der Waals surface area contributed by atoms with E-state index in [-0.39, 0.29) is 22.3 Å². The summed E-state index contributed by atoms with van der Waals surface area (Å²) in [5, 5.41) is 1.69. The number of carbonyl (C=O) groups is 2. The van der Waals surface area contributed by atoms with Crippen LogP contribution in [0.1, 0.15) is 24.0 Å². The molecule has 3 rings (SSSR count). The van der Waals surface area contributed by atoms with Crippen LogP contribution in [0.2, 0.25) is 0 Å². The van der Waals surface area contributed by atoms with Crippen molar-refractivity contribution in [3.05, 3.63) is 59.7 Å². The molecule has 136 valence electrons. The molecule has 0 spiro atoms. The van der Waals surface area contributed by atoms with Crippen molar-refractivity contribution in [2.24, 2.45) is 0 Å². The van der Waals surface area contributed by atoms with Gasteiger partial charge in [-0.05, 0) is 41.8 Å². The number of nitrogens with one attached hydrogen (secondary N) is 1. The molecule has 2 unspecified atom stereocenters. The number of imide groups is 1. The first-order valence-electron chi connectivity index (χ1n) is 8.42. The number of thioether (sulfide) groups is 1. The number of hydrogen-bond donors (Lipinski definition) is 1. The topological polar surface area (TPSA) is 64.6 Å². The zero-order valence-electron chi connectivity index (χ0n) is 14.7. The second-order valence-electron chi connectivity index (χ2n) is 6.22. The first-order chi connectivity index (χ1) is 12.5. The summed E-state index contributed by atoms with van der Waals surface area (Å²) in [5.41, 5.74) is 2.16. The summed E-state index contributed by atoms with van der Waals surface area (Å²) in [4.78, 5) is 22.8. The zero-order chi connectivity index (χ0) is 18.5. The van der Waals surface area contributed by atoms with Crippen LogP contribution >= 0.6 is 11.8 Å². The van der Waals surface area contributed by atoms with Gasteiger partial charge in [-0.15, -0.1) is 0 Å². The van der Waals surface area contributed by atoms with E-state index in [1.54, 1.807) is 7.11 Å². The van der Waals surface area contributed by atoms with Crippen molar-refractivity contribution >= 4 is 22.9 Å². The van der Waals surface area contributed by atoms with Crippen LogP contribution in [0.5, 0.6) is 11.5 Å². The van der Waals surface area contributed by atoms with Crippen molar-refractivity contribution in [3.63, 3.8) is 0 Å². The molecule has 2 atom stereocenters. The third kappa shape index (κ3) is 4.58. The van der Waals surface area contributed by atoms with Gasteiger partial charge in [-0.1, -0.05) is 43.0 Å². The molecule has 2 amide bonds. The Morgan fingerprint density at radius 2 is 1.88 bits per heavy atom. The molecule has 26 heavy (non-hydrogen) atoms. The van der Waals surface area contributed by atoms with E-state index >= 15 is 0 Å². The van der Waals surface area contributed by atoms with E-state index in [2.05, 4.69) is 18.3 Å². The molecule has 0 saturated carbocycles. The molecule has 1 aliphatic heterocycles. The Balaban J connectivity index is 1.54. The van der Waals surface area contributed by atoms with E-state index in [0.29, 0.717) is 13.0 Å². The number of ether oxygens (including phenoxy) is 2. The highest BCUT2D eigenvalue weighted by Crippen LogP contribution is 2.25. The lowest BCUT2D eigenvalue weighted by molar-refractivity contribution is -0.118. The average molecular weight is 371 g/mol. The van der Waals surface area contributed by atoms with E-state index in [1.807, 2.05) is 42.5 Å². The fourth-order valence-corrected chi connectivity index (χ4v) is 3.59. The van der Waals surface area contributed by atoms with E-state index in [4.69, 9.17) is 9.47 Å². The van der Waals surface area contributed by atoms with Gasteiger partial charge in [0.1, 0.15) is 11.5 Å². The maximum atomic E-state index is 11.6. The summed E-state index contributed by atoms with van der Waals surface area (Å²) >= 11 is 1.05. The predicted octanol–water partition coefficient (Wildman–Crippen LogP) is 3.77. The predicted molar refractivity (Wildman–Crippen MR) is 102 cm³/mol. The van der Waals surface area contributed by atoms with Gasteiger partial charge in [-0.3, -0.25) is 14.9 Å². The van der Waals surface area contributed by atoms with E-state index in [9.17, 15) is 9.59 Å². The molecule has 1 heterocycles. The molecule has 1 fully saturated rings. The lowest BCUT2D eigenvalue weighted by Gasteiger charge is -2.15. The molecule has 6 heteroatoms. The Morgan fingerprint density at radius 3 is 2.54 bits per heavy atom. The molecule has 2 aromatic carbocycles. The van der Waals surface area contributed by atoms with Gasteiger partial charge in [-0.2, -0.15) is 0 Å². The second kappa shape index (κ2) is 8.27. The number of methoxy groups -OCH3 is 1. The summed E-state index contributed by atoms with van der Waals surface area (Å²) in [7, 11) is 1.66. The molecule has 0 radical (unpaired) electrons. The van der Waals surface area contributed by atoms with Gasteiger partial charge in [0.15, 0.2) is 0 Å². The largest absolute Gasteiger partial charge is 0.497 e. The first-order valence-corrected chi connectivity index (χ1v) is 9.30. The summed E-state index contributed by atoms with van der Waals surface area (Å²) < 4.78 is 11.1. The van der Waals surface area contributed by atoms with Crippen molar-refractivity contribution in [1.82, 2.24) is 5.32 Å². The lowest BCUT2D eigenvalue weighted by Crippen LogP contribution is -2.25. The van der Waals surface area contributed by atoms with E-state index in [0.717, 1.165) is 34.4 Å². The highest BCUT2D eigenvalue weighted by molar-refractivity contribution is 8.15. The molecule has 2 aromatic rings. The SMILES string of the molecule is COc1cccc(C(C)COc2ccc(CC3SC(=O)NC3=O)cc2)c1. The van der Waals surface area contributed by atoms with Crippen molar-refractivity contribution in [2.75, 3.05) is 13.7 Å². The molecule has 1 saturated heterocycles. The van der Waals surface area contributed by atoms with Crippen LogP contribution in [0, 0.1) is 0 Å². The zero-order valence-corrected chi connectivity index (χ0v) is 15.5. The van der Waals surface area contributed by atoms with Crippen LogP contribution in [0.3, 0.4) is 0 Å². The molecule has 0 aromatic heterocycles. The summed E-state index contributed by atoms with van der Waals surface area (Å²) in [6, 6.07) is 15.6. The molecular weight excluding hydrogens is 350 g/mol. The molecular formula is C20H21NO4S. The van der Waals surface area contributed by atoms with Crippen LogP contribution in [-0.2, 0) is 11.2 Å². The van der Waals surface area contributed by atoms with Gasteiger partial charge < -0.3 is 9.47 Å². The van der Waals surface area contributed by atoms with Crippen LogP contribution in [0.15, 0.2) is 48.5 Å². The van der Waals surface area contributed by atoms with Crippen molar-refractivity contribution in [2.45, 2.75) is 24.5 Å². The quantitative estimate of drug-likeness (QED) is 0.803. The summed E-state index contributed by atoms with van der Waals surface area (Å²) in [6.45, 7) is 2.66. The highest BCUT2D eigenvalue weighted by atomic mass is 32.2. The Bertz CT molecular complexity index is 791. The minimum absolute atomic E-state index is 0.215. The van der Waals surface area contributed by atoms with Gasteiger partial charge in [0.2, 0.25) is 5.91 Å². The minimum atomic E-state index is -0.345. The smallest absolute Gasteiger partial charge is 0.286 e. The third-order valence-corrected chi connectivity index (χ3v) is 5.26. The van der Waals surface area contributed by atoms with Gasteiger partial charge in [0, 0.05) is 5.92 Å². The van der Waals surface area contributed by atoms with E-state index < -0.39 is 0 Å². The minimum Gasteiger partial charge on any atom is -0.497 e. The Kier molecular flexibility index (Phi) is 5.83. The monoisotopic (exact) mass is 371 g/mol. The fourth-order valence-electron chi connectivity index (χ4n) is 2.73. The standard InChI is InChI=1S/C20H21NO4S/c1-13(15-4-3-5-17(11-15)24-2)12-25-16-8-6-14(7-9-16)10-18-19(22)21-20(23)26-18/h3-9,11,13,18H,10,12H2,1-2H3,(H,21,22,23). The summed E-state index contributed by atoms with van der Waals surface area (Å²) in [6.07, 6.45) is 0.530. The van der Waals surface area contributed by atoms with Gasteiger partial charge >= 0.3 is 0 Å². The molecule has 0 bridgehead atoms. The molecule has 1 N–H and O–H groups in total. The number of rotatable bonds is 7. The normalized spacial score (nSPS) is 17.7. The fraction of sp³-hybridized carbons (Fsp3) is 0.300. The Morgan fingerprint density at radius 1 is 1.12 bits per heavy atom. The van der Waals surface area contributed by atoms with Crippen LogP contribution in [0.4, 0.5) is 4.79 Å². The van der Waals surface area contributed by atoms with Crippen LogP contribution < -0.4 is 14.8 Å². The number of amides is 2.